The summed E-state index contributed by atoms with van der Waals surface area (Å²) in [5.74, 6) is 0.409. The van der Waals surface area contributed by atoms with Crippen molar-refractivity contribution in [3.8, 4) is 11.8 Å². The monoisotopic (exact) mass is 329 g/mol. The van der Waals surface area contributed by atoms with Crippen LogP contribution in [-0.2, 0) is 4.79 Å². The summed E-state index contributed by atoms with van der Waals surface area (Å²) < 4.78 is 5.43. The molecule has 24 heavy (non-hydrogen) atoms. The maximum atomic E-state index is 12.5. The lowest BCUT2D eigenvalue weighted by molar-refractivity contribution is -0.132. The number of nitriles is 1. The van der Waals surface area contributed by atoms with E-state index in [2.05, 4.69) is 5.32 Å². The summed E-state index contributed by atoms with van der Waals surface area (Å²) >= 11 is 0. The van der Waals surface area contributed by atoms with Crippen LogP contribution in [0.2, 0.25) is 0 Å². The summed E-state index contributed by atoms with van der Waals surface area (Å²) in [6.07, 6.45) is 0.874. The normalized spacial score (nSPS) is 24.5. The van der Waals surface area contributed by atoms with Crippen LogP contribution >= 0.6 is 0 Å². The van der Waals surface area contributed by atoms with Crippen molar-refractivity contribution >= 4 is 11.9 Å². The van der Waals surface area contributed by atoms with E-state index in [1.807, 2.05) is 6.07 Å². The summed E-state index contributed by atoms with van der Waals surface area (Å²) in [5.41, 5.74) is -0.327. The molecule has 1 aliphatic heterocycles. The van der Waals surface area contributed by atoms with Crippen molar-refractivity contribution in [3.05, 3.63) is 29.8 Å². The number of hydrogen-bond donors (Lipinski definition) is 2. The lowest BCUT2D eigenvalue weighted by atomic mass is 9.96. The molecular formula is C17H19N3O4. The van der Waals surface area contributed by atoms with Crippen LogP contribution in [0, 0.1) is 17.2 Å². The zero-order valence-electron chi connectivity index (χ0n) is 13.4. The Morgan fingerprint density at radius 3 is 2.67 bits per heavy atom. The Morgan fingerprint density at radius 2 is 2.08 bits per heavy atom. The number of ether oxygens (including phenoxy) is 1. The van der Waals surface area contributed by atoms with Crippen LogP contribution in [0.1, 0.15) is 25.3 Å². The van der Waals surface area contributed by atoms with Gasteiger partial charge in [0.05, 0.1) is 18.2 Å². The molecule has 1 heterocycles. The molecule has 3 amide bonds. The van der Waals surface area contributed by atoms with E-state index in [0.717, 1.165) is 17.7 Å². The average molecular weight is 329 g/mol. The molecule has 3 rings (SSSR count). The molecule has 0 radical (unpaired) electrons. The number of nitrogens with zero attached hydrogens (tertiary/aromatic N) is 2. The van der Waals surface area contributed by atoms with E-state index in [1.54, 1.807) is 31.2 Å². The second-order valence-electron chi connectivity index (χ2n) is 6.42. The van der Waals surface area contributed by atoms with Crippen molar-refractivity contribution < 1.29 is 19.4 Å². The first-order valence-corrected chi connectivity index (χ1v) is 7.89. The van der Waals surface area contributed by atoms with Gasteiger partial charge in [0, 0.05) is 0 Å². The van der Waals surface area contributed by atoms with Gasteiger partial charge in [0.1, 0.15) is 24.0 Å². The molecular weight excluding hydrogens is 310 g/mol. The number of aliphatic hydroxyl groups excluding tert-OH is 1. The highest BCUT2D eigenvalue weighted by Gasteiger charge is 2.56. The molecule has 7 nitrogen and oxygen atoms in total. The van der Waals surface area contributed by atoms with Crippen LogP contribution in [0.15, 0.2) is 24.3 Å². The average Bonchev–Trinajstić information content (AvgIpc) is 3.40. The lowest BCUT2D eigenvalue weighted by Gasteiger charge is -2.22. The van der Waals surface area contributed by atoms with Crippen LogP contribution in [0.3, 0.4) is 0 Å². The van der Waals surface area contributed by atoms with Gasteiger partial charge >= 0.3 is 6.03 Å². The molecule has 2 fully saturated rings. The summed E-state index contributed by atoms with van der Waals surface area (Å²) in [6, 6.07) is 8.02. The minimum atomic E-state index is -0.989. The molecule has 1 aliphatic carbocycles. The van der Waals surface area contributed by atoms with E-state index in [9.17, 15) is 14.7 Å². The van der Waals surface area contributed by atoms with Gasteiger partial charge in [-0.1, -0.05) is 0 Å². The first-order valence-electron chi connectivity index (χ1n) is 7.89. The number of urea groups is 1. The SMILES string of the molecule is C[C@@]1(C2CC2)NC(=O)N(C[C@@H](O)COc2ccc(C#N)cc2)C1=O. The van der Waals surface area contributed by atoms with Gasteiger partial charge in [-0.3, -0.25) is 9.69 Å². The highest BCUT2D eigenvalue weighted by atomic mass is 16.5. The van der Waals surface area contributed by atoms with Gasteiger partial charge in [-0.15, -0.1) is 0 Å². The van der Waals surface area contributed by atoms with E-state index >= 15 is 0 Å². The fourth-order valence-electron chi connectivity index (χ4n) is 2.90. The van der Waals surface area contributed by atoms with E-state index in [1.165, 1.54) is 0 Å². The smallest absolute Gasteiger partial charge is 0.325 e. The first-order chi connectivity index (χ1) is 11.4. The van der Waals surface area contributed by atoms with Gasteiger partial charge in [0.25, 0.3) is 5.91 Å². The molecule has 2 aliphatic rings. The summed E-state index contributed by atoms with van der Waals surface area (Å²) in [4.78, 5) is 25.5. The van der Waals surface area contributed by atoms with Crippen molar-refractivity contribution in [1.82, 2.24) is 10.2 Å². The highest BCUT2D eigenvalue weighted by Crippen LogP contribution is 2.42. The number of nitrogens with one attached hydrogen (secondary N) is 1. The zero-order chi connectivity index (χ0) is 17.3. The van der Waals surface area contributed by atoms with Crippen LogP contribution in [-0.4, -0.2) is 46.7 Å². The maximum Gasteiger partial charge on any atom is 0.325 e. The Kier molecular flexibility index (Phi) is 4.16. The Morgan fingerprint density at radius 1 is 1.42 bits per heavy atom. The van der Waals surface area contributed by atoms with E-state index in [-0.39, 0.29) is 25.0 Å². The standard InChI is InChI=1S/C17H19N3O4/c1-17(12-4-5-12)15(22)20(16(23)19-17)9-13(21)10-24-14-6-2-11(8-18)3-7-14/h2-3,6-7,12-13,21H,4-5,9-10H2,1H3,(H,19,23)/t13-,17+/m1/s1. The number of amides is 3. The number of carbonyl (C=O) groups excluding carboxylic acids is 2. The minimum Gasteiger partial charge on any atom is -0.491 e. The number of imide groups is 1. The van der Waals surface area contributed by atoms with Crippen molar-refractivity contribution in [2.75, 3.05) is 13.2 Å². The van der Waals surface area contributed by atoms with Gasteiger partial charge in [-0.05, 0) is 49.9 Å². The molecule has 0 spiro atoms. The number of hydrogen-bond acceptors (Lipinski definition) is 5. The summed E-state index contributed by atoms with van der Waals surface area (Å²) in [6.45, 7) is 1.58. The van der Waals surface area contributed by atoms with Crippen LogP contribution < -0.4 is 10.1 Å². The lowest BCUT2D eigenvalue weighted by Crippen LogP contribution is -2.46. The Bertz CT molecular complexity index is 693. The fourth-order valence-corrected chi connectivity index (χ4v) is 2.90. The van der Waals surface area contributed by atoms with Crippen LogP contribution in [0.25, 0.3) is 0 Å². The second kappa shape index (κ2) is 6.13. The molecule has 1 aromatic carbocycles. The van der Waals surface area contributed by atoms with Gasteiger partial charge in [-0.2, -0.15) is 5.26 Å². The Hall–Kier alpha value is -2.59. The van der Waals surface area contributed by atoms with E-state index < -0.39 is 17.7 Å². The Labute approximate surface area is 139 Å². The third-order valence-corrected chi connectivity index (χ3v) is 4.51. The number of β-amino-alcohol motifs (C(OH)–C–C–N with tert-alkyl or cyclic N) is 1. The quantitative estimate of drug-likeness (QED) is 0.759. The van der Waals surface area contributed by atoms with Gasteiger partial charge in [-0.25, -0.2) is 4.79 Å². The maximum absolute atomic E-state index is 12.5. The van der Waals surface area contributed by atoms with Crippen molar-refractivity contribution in [2.24, 2.45) is 5.92 Å². The fraction of sp³-hybridized carbons (Fsp3) is 0.471. The summed E-state index contributed by atoms with van der Waals surface area (Å²) in [7, 11) is 0. The molecule has 2 N–H and O–H groups in total. The number of benzene rings is 1. The molecule has 126 valence electrons. The highest BCUT2D eigenvalue weighted by molar-refractivity contribution is 6.07. The summed E-state index contributed by atoms with van der Waals surface area (Å²) in [5, 5.41) is 21.6. The molecule has 0 aromatic heterocycles. The number of carbonyl (C=O) groups is 2. The molecule has 1 saturated heterocycles. The largest absolute Gasteiger partial charge is 0.491 e. The third-order valence-electron chi connectivity index (χ3n) is 4.51. The molecule has 2 atom stereocenters. The van der Waals surface area contributed by atoms with Crippen molar-refractivity contribution in [1.29, 1.82) is 5.26 Å². The van der Waals surface area contributed by atoms with Gasteiger partial charge in [0.15, 0.2) is 0 Å². The van der Waals surface area contributed by atoms with Gasteiger partial charge < -0.3 is 15.2 Å². The molecule has 1 aromatic rings. The third kappa shape index (κ3) is 3.05. The topological polar surface area (TPSA) is 103 Å². The van der Waals surface area contributed by atoms with Gasteiger partial charge in [0.2, 0.25) is 0 Å². The second-order valence-corrected chi connectivity index (χ2v) is 6.42. The predicted molar refractivity (Wildman–Crippen MR) is 84.0 cm³/mol. The van der Waals surface area contributed by atoms with Crippen molar-refractivity contribution in [3.63, 3.8) is 0 Å². The van der Waals surface area contributed by atoms with Crippen LogP contribution in [0.4, 0.5) is 4.79 Å². The molecule has 0 unspecified atom stereocenters. The predicted octanol–water partition coefficient (Wildman–Crippen LogP) is 1.02. The molecule has 7 heteroatoms. The van der Waals surface area contributed by atoms with Crippen molar-refractivity contribution in [2.45, 2.75) is 31.4 Å². The number of rotatable bonds is 6. The first kappa shape index (κ1) is 16.3. The Balaban J connectivity index is 1.54. The van der Waals surface area contributed by atoms with Crippen LogP contribution in [0.5, 0.6) is 5.75 Å². The number of aliphatic hydroxyl groups is 1. The van der Waals surface area contributed by atoms with E-state index in [4.69, 9.17) is 10.00 Å². The van der Waals surface area contributed by atoms with E-state index in [0.29, 0.717) is 11.3 Å². The molecule has 0 bridgehead atoms. The zero-order valence-corrected chi connectivity index (χ0v) is 13.4. The minimum absolute atomic E-state index is 0.0525. The molecule has 1 saturated carbocycles.